The van der Waals surface area contributed by atoms with E-state index in [1.54, 1.807) is 6.08 Å². The molecule has 0 aliphatic heterocycles. The van der Waals surface area contributed by atoms with E-state index < -0.39 is 12.1 Å². The number of allylic oxidation sites excluding steroid dienone is 5. The van der Waals surface area contributed by atoms with E-state index in [0.717, 1.165) is 44.9 Å². The zero-order valence-corrected chi connectivity index (χ0v) is 23.1. The van der Waals surface area contributed by atoms with Gasteiger partial charge in [0.2, 0.25) is 5.91 Å². The molecule has 35 heavy (non-hydrogen) atoms. The van der Waals surface area contributed by atoms with Gasteiger partial charge in [0.25, 0.3) is 0 Å². The molecule has 0 bridgehead atoms. The van der Waals surface area contributed by atoms with Gasteiger partial charge in [-0.15, -0.1) is 0 Å². The molecule has 0 aromatic heterocycles. The van der Waals surface area contributed by atoms with Crippen LogP contribution < -0.4 is 5.32 Å². The molecule has 0 spiro atoms. The summed E-state index contributed by atoms with van der Waals surface area (Å²) < 4.78 is 0. The lowest BCUT2D eigenvalue weighted by atomic mass is 10.1. The highest BCUT2D eigenvalue weighted by Crippen LogP contribution is 2.10. The van der Waals surface area contributed by atoms with Gasteiger partial charge in [-0.2, -0.15) is 0 Å². The minimum absolute atomic E-state index is 0.0893. The molecule has 0 rings (SSSR count). The molecular formula is C31H57NO3. The normalized spacial score (nSPS) is 13.8. The molecule has 0 fully saturated rings. The molecule has 3 N–H and O–H groups in total. The maximum Gasteiger partial charge on any atom is 0.220 e. The van der Waals surface area contributed by atoms with Crippen molar-refractivity contribution in [3.8, 4) is 0 Å². The molecule has 4 heteroatoms. The monoisotopic (exact) mass is 491 g/mol. The molecule has 0 aliphatic rings. The highest BCUT2D eigenvalue weighted by atomic mass is 16.3. The topological polar surface area (TPSA) is 69.6 Å². The standard InChI is InChI=1S/C31H57NO3/c1-3-5-7-9-11-13-15-16-17-19-21-23-25-27-31(35)32-29(28-33)30(34)26-24-22-20-18-14-12-10-8-6-4-2/h13-15,18,24,26,29-30,33-34H,3-12,16-17,19-23,25,27-28H2,1-2H3,(H,32,35)/b15-13+,18-14+,26-24+/t29-,30+/m0/s1. The van der Waals surface area contributed by atoms with Crippen molar-refractivity contribution in [3.05, 3.63) is 36.5 Å². The summed E-state index contributed by atoms with van der Waals surface area (Å²) in [6.07, 6.45) is 33.5. The number of amides is 1. The van der Waals surface area contributed by atoms with Gasteiger partial charge in [-0.05, 0) is 57.8 Å². The second kappa shape index (κ2) is 27.2. The Labute approximate surface area is 217 Å². The van der Waals surface area contributed by atoms with Crippen molar-refractivity contribution in [2.75, 3.05) is 6.61 Å². The molecule has 2 atom stereocenters. The first-order chi connectivity index (χ1) is 17.2. The number of rotatable bonds is 25. The third-order valence-corrected chi connectivity index (χ3v) is 6.35. The molecule has 0 aromatic carbocycles. The summed E-state index contributed by atoms with van der Waals surface area (Å²) in [5.41, 5.74) is 0. The second-order valence-electron chi connectivity index (χ2n) is 9.80. The van der Waals surface area contributed by atoms with Crippen LogP contribution in [0.15, 0.2) is 36.5 Å². The van der Waals surface area contributed by atoms with Gasteiger partial charge in [0, 0.05) is 6.42 Å². The number of aliphatic hydroxyl groups is 2. The van der Waals surface area contributed by atoms with Crippen LogP contribution in [0.25, 0.3) is 0 Å². The zero-order chi connectivity index (χ0) is 25.8. The SMILES string of the molecule is CCCCCC/C=C/CC/C=C/[C@@H](O)[C@H](CO)NC(=O)CCCCCCC/C=C/CCCCCC. The predicted octanol–water partition coefficient (Wildman–Crippen LogP) is 7.94. The third-order valence-electron chi connectivity index (χ3n) is 6.35. The number of carbonyl (C=O) groups is 1. The Kier molecular flexibility index (Phi) is 26.1. The molecular weight excluding hydrogens is 434 g/mol. The van der Waals surface area contributed by atoms with Gasteiger partial charge >= 0.3 is 0 Å². The minimum Gasteiger partial charge on any atom is -0.394 e. The van der Waals surface area contributed by atoms with E-state index in [2.05, 4.69) is 43.5 Å². The van der Waals surface area contributed by atoms with Crippen LogP contribution in [0, 0.1) is 0 Å². The van der Waals surface area contributed by atoms with Gasteiger partial charge in [-0.25, -0.2) is 0 Å². The van der Waals surface area contributed by atoms with E-state index in [4.69, 9.17) is 0 Å². The minimum atomic E-state index is -0.860. The molecule has 1 amide bonds. The van der Waals surface area contributed by atoms with Crippen molar-refractivity contribution in [1.82, 2.24) is 5.32 Å². The Morgan fingerprint density at radius 1 is 0.657 bits per heavy atom. The van der Waals surface area contributed by atoms with Gasteiger partial charge in [0.1, 0.15) is 0 Å². The summed E-state index contributed by atoms with van der Waals surface area (Å²) in [7, 11) is 0. The van der Waals surface area contributed by atoms with Crippen molar-refractivity contribution in [1.29, 1.82) is 0 Å². The first-order valence-corrected chi connectivity index (χ1v) is 14.7. The number of unbranched alkanes of at least 4 members (excludes halogenated alkanes) is 14. The summed E-state index contributed by atoms with van der Waals surface area (Å²) in [5, 5.41) is 22.6. The van der Waals surface area contributed by atoms with E-state index in [-0.39, 0.29) is 12.5 Å². The third kappa shape index (κ3) is 24.1. The van der Waals surface area contributed by atoms with Crippen LogP contribution in [0.2, 0.25) is 0 Å². The van der Waals surface area contributed by atoms with Crippen LogP contribution in [0.1, 0.15) is 136 Å². The maximum absolute atomic E-state index is 12.2. The number of aliphatic hydroxyl groups excluding tert-OH is 2. The summed E-state index contributed by atoms with van der Waals surface area (Å²) in [4.78, 5) is 12.2. The van der Waals surface area contributed by atoms with Gasteiger partial charge in [0.05, 0.1) is 18.8 Å². The van der Waals surface area contributed by atoms with Crippen LogP contribution >= 0.6 is 0 Å². The number of hydrogen-bond acceptors (Lipinski definition) is 3. The molecule has 0 saturated carbocycles. The fourth-order valence-electron chi connectivity index (χ4n) is 4.01. The van der Waals surface area contributed by atoms with Gasteiger partial charge in [-0.1, -0.05) is 108 Å². The lowest BCUT2D eigenvalue weighted by molar-refractivity contribution is -0.123. The first kappa shape index (κ1) is 33.6. The maximum atomic E-state index is 12.2. The summed E-state index contributed by atoms with van der Waals surface area (Å²) in [6, 6.07) is -0.637. The largest absolute Gasteiger partial charge is 0.394 e. The molecule has 0 saturated heterocycles. The first-order valence-electron chi connectivity index (χ1n) is 14.7. The van der Waals surface area contributed by atoms with Gasteiger partial charge in [-0.3, -0.25) is 4.79 Å². The van der Waals surface area contributed by atoms with E-state index in [1.165, 1.54) is 70.6 Å². The quantitative estimate of drug-likeness (QED) is 0.0896. The Morgan fingerprint density at radius 2 is 1.11 bits per heavy atom. The van der Waals surface area contributed by atoms with E-state index in [0.29, 0.717) is 6.42 Å². The van der Waals surface area contributed by atoms with Crippen molar-refractivity contribution < 1.29 is 15.0 Å². The Balaban J connectivity index is 3.77. The number of nitrogens with one attached hydrogen (secondary N) is 1. The lowest BCUT2D eigenvalue weighted by Crippen LogP contribution is -2.45. The fraction of sp³-hybridized carbons (Fsp3) is 0.774. The van der Waals surface area contributed by atoms with Crippen LogP contribution in [0.5, 0.6) is 0 Å². The van der Waals surface area contributed by atoms with Crippen LogP contribution in [-0.4, -0.2) is 34.9 Å². The van der Waals surface area contributed by atoms with Crippen molar-refractivity contribution >= 4 is 5.91 Å². The Hall–Kier alpha value is -1.39. The van der Waals surface area contributed by atoms with E-state index >= 15 is 0 Å². The molecule has 0 unspecified atom stereocenters. The van der Waals surface area contributed by atoms with Crippen molar-refractivity contribution in [2.24, 2.45) is 0 Å². The Morgan fingerprint density at radius 3 is 1.66 bits per heavy atom. The number of carbonyl (C=O) groups excluding carboxylic acids is 1. The van der Waals surface area contributed by atoms with E-state index in [1.807, 2.05) is 6.08 Å². The van der Waals surface area contributed by atoms with Crippen molar-refractivity contribution in [3.63, 3.8) is 0 Å². The molecule has 0 aliphatic carbocycles. The highest BCUT2D eigenvalue weighted by molar-refractivity contribution is 5.76. The molecule has 0 heterocycles. The van der Waals surface area contributed by atoms with E-state index in [9.17, 15) is 15.0 Å². The highest BCUT2D eigenvalue weighted by Gasteiger charge is 2.17. The zero-order valence-electron chi connectivity index (χ0n) is 23.1. The summed E-state index contributed by atoms with van der Waals surface area (Å²) in [5.74, 6) is -0.0893. The summed E-state index contributed by atoms with van der Waals surface area (Å²) >= 11 is 0. The van der Waals surface area contributed by atoms with Gasteiger partial charge in [0.15, 0.2) is 0 Å². The summed E-state index contributed by atoms with van der Waals surface area (Å²) in [6.45, 7) is 4.21. The van der Waals surface area contributed by atoms with Crippen LogP contribution in [-0.2, 0) is 4.79 Å². The van der Waals surface area contributed by atoms with Gasteiger partial charge < -0.3 is 15.5 Å². The average Bonchev–Trinajstić information content (AvgIpc) is 2.86. The second-order valence-corrected chi connectivity index (χ2v) is 9.80. The Bertz CT molecular complexity index is 541. The lowest BCUT2D eigenvalue weighted by Gasteiger charge is -2.19. The smallest absolute Gasteiger partial charge is 0.220 e. The molecule has 0 aromatic rings. The van der Waals surface area contributed by atoms with Crippen LogP contribution in [0.3, 0.4) is 0 Å². The van der Waals surface area contributed by atoms with Crippen LogP contribution in [0.4, 0.5) is 0 Å². The molecule has 204 valence electrons. The number of hydrogen-bond donors (Lipinski definition) is 3. The average molecular weight is 492 g/mol. The fourth-order valence-corrected chi connectivity index (χ4v) is 4.01. The predicted molar refractivity (Wildman–Crippen MR) is 152 cm³/mol. The molecule has 4 nitrogen and oxygen atoms in total. The molecule has 0 radical (unpaired) electrons. The van der Waals surface area contributed by atoms with Crippen molar-refractivity contribution in [2.45, 2.75) is 148 Å².